The Balaban J connectivity index is 0.00000288. The van der Waals surface area contributed by atoms with Gasteiger partial charge in [0, 0.05) is 19.7 Å². The van der Waals surface area contributed by atoms with Crippen molar-refractivity contribution in [2.45, 2.75) is 33.4 Å². The van der Waals surface area contributed by atoms with Gasteiger partial charge >= 0.3 is 0 Å². The van der Waals surface area contributed by atoms with Gasteiger partial charge in [-0.2, -0.15) is 0 Å². The lowest BCUT2D eigenvalue weighted by Gasteiger charge is -2.22. The summed E-state index contributed by atoms with van der Waals surface area (Å²) in [5.41, 5.74) is 8.21. The van der Waals surface area contributed by atoms with Crippen LogP contribution in [-0.2, 0) is 22.7 Å². The number of hydrogen-bond donors (Lipinski definition) is 2. The van der Waals surface area contributed by atoms with Crippen molar-refractivity contribution in [2.24, 2.45) is 11.1 Å². The highest BCUT2D eigenvalue weighted by molar-refractivity contribution is 5.85. The van der Waals surface area contributed by atoms with Gasteiger partial charge in [0.05, 0.1) is 13.2 Å². The Labute approximate surface area is 151 Å². The monoisotopic (exact) mass is 355 g/mol. The minimum atomic E-state index is 0. The summed E-state index contributed by atoms with van der Waals surface area (Å²) < 4.78 is 5.48. The maximum atomic E-state index is 12.2. The van der Waals surface area contributed by atoms with Gasteiger partial charge in [-0.05, 0) is 43.0 Å². The zero-order valence-corrected chi connectivity index (χ0v) is 15.5. The van der Waals surface area contributed by atoms with Crippen LogP contribution in [0, 0.1) is 5.41 Å². The Morgan fingerprint density at radius 3 is 2.71 bits per heavy atom. The smallest absolute Gasteiger partial charge is 0.234 e. The van der Waals surface area contributed by atoms with Gasteiger partial charge in [-0.25, -0.2) is 0 Å². The van der Waals surface area contributed by atoms with Gasteiger partial charge in [0.25, 0.3) is 0 Å². The van der Waals surface area contributed by atoms with Crippen LogP contribution in [0.15, 0.2) is 24.3 Å². The molecule has 0 saturated carbocycles. The van der Waals surface area contributed by atoms with E-state index < -0.39 is 0 Å². The molecule has 5 nitrogen and oxygen atoms in total. The molecule has 0 bridgehead atoms. The largest absolute Gasteiger partial charge is 0.377 e. The second-order valence-corrected chi connectivity index (χ2v) is 6.66. The zero-order valence-electron chi connectivity index (χ0n) is 14.7. The Morgan fingerprint density at radius 1 is 1.38 bits per heavy atom. The Morgan fingerprint density at radius 2 is 2.08 bits per heavy atom. The molecule has 136 valence electrons. The molecule has 1 unspecified atom stereocenters. The highest BCUT2D eigenvalue weighted by Crippen LogP contribution is 2.27. The van der Waals surface area contributed by atoms with E-state index in [0.717, 1.165) is 30.6 Å². The van der Waals surface area contributed by atoms with E-state index in [4.69, 9.17) is 10.5 Å². The molecule has 0 aliphatic carbocycles. The van der Waals surface area contributed by atoms with Gasteiger partial charge in [0.2, 0.25) is 5.91 Å². The maximum absolute atomic E-state index is 12.2. The molecule has 1 aliphatic heterocycles. The van der Waals surface area contributed by atoms with E-state index in [1.54, 1.807) is 0 Å². The highest BCUT2D eigenvalue weighted by atomic mass is 35.5. The van der Waals surface area contributed by atoms with Crippen LogP contribution < -0.4 is 11.1 Å². The van der Waals surface area contributed by atoms with Gasteiger partial charge in [0.15, 0.2) is 0 Å². The lowest BCUT2D eigenvalue weighted by molar-refractivity contribution is -0.122. The average Bonchev–Trinajstić information content (AvgIpc) is 2.93. The molecule has 1 saturated heterocycles. The van der Waals surface area contributed by atoms with Crippen molar-refractivity contribution >= 4 is 18.3 Å². The molecule has 0 radical (unpaired) electrons. The van der Waals surface area contributed by atoms with Crippen LogP contribution in [0.2, 0.25) is 0 Å². The molecule has 6 heteroatoms. The number of nitrogens with zero attached hydrogens (tertiary/aromatic N) is 1. The van der Waals surface area contributed by atoms with Gasteiger partial charge in [-0.3, -0.25) is 9.69 Å². The van der Waals surface area contributed by atoms with Gasteiger partial charge in [0.1, 0.15) is 0 Å². The van der Waals surface area contributed by atoms with E-state index in [1.165, 1.54) is 0 Å². The fourth-order valence-electron chi connectivity index (χ4n) is 2.96. The first-order valence-corrected chi connectivity index (χ1v) is 8.40. The number of halogens is 1. The average molecular weight is 356 g/mol. The van der Waals surface area contributed by atoms with Crippen LogP contribution in [0.5, 0.6) is 0 Å². The molecule has 24 heavy (non-hydrogen) atoms. The van der Waals surface area contributed by atoms with Crippen LogP contribution in [0.1, 0.15) is 31.4 Å². The summed E-state index contributed by atoms with van der Waals surface area (Å²) in [5.74, 6) is 0.0671. The minimum Gasteiger partial charge on any atom is -0.377 e. The number of ether oxygens (including phenoxy) is 1. The van der Waals surface area contributed by atoms with Crippen molar-refractivity contribution in [2.75, 3.05) is 32.8 Å². The van der Waals surface area contributed by atoms with Crippen molar-refractivity contribution in [1.29, 1.82) is 0 Å². The predicted molar refractivity (Wildman–Crippen MR) is 99.1 cm³/mol. The molecular weight excluding hydrogens is 326 g/mol. The summed E-state index contributed by atoms with van der Waals surface area (Å²) in [7, 11) is 0. The SMILES string of the molecule is CCOCc1ccccc1CNC(=O)CN1CCC(C)(CN)C1.Cl. The van der Waals surface area contributed by atoms with Crippen LogP contribution in [0.25, 0.3) is 0 Å². The third kappa shape index (κ3) is 6.06. The van der Waals surface area contributed by atoms with E-state index in [1.807, 2.05) is 31.2 Å². The molecule has 1 atom stereocenters. The molecule has 1 heterocycles. The number of rotatable bonds is 8. The number of benzene rings is 1. The van der Waals surface area contributed by atoms with E-state index in [9.17, 15) is 4.79 Å². The van der Waals surface area contributed by atoms with Crippen molar-refractivity contribution in [3.05, 3.63) is 35.4 Å². The summed E-state index contributed by atoms with van der Waals surface area (Å²) in [5, 5.41) is 3.02. The second-order valence-electron chi connectivity index (χ2n) is 6.66. The summed E-state index contributed by atoms with van der Waals surface area (Å²) in [4.78, 5) is 14.4. The van der Waals surface area contributed by atoms with E-state index >= 15 is 0 Å². The standard InChI is InChI=1S/C18H29N3O2.ClH/c1-3-23-12-16-7-5-4-6-15(16)10-20-17(22)11-21-9-8-18(2,13-19)14-21;/h4-7H,3,8-14,19H2,1-2H3,(H,20,22);1H. The predicted octanol–water partition coefficient (Wildman–Crippen LogP) is 1.93. The molecule has 0 aromatic heterocycles. The molecule has 2 rings (SSSR count). The summed E-state index contributed by atoms with van der Waals surface area (Å²) >= 11 is 0. The first-order valence-electron chi connectivity index (χ1n) is 8.40. The van der Waals surface area contributed by atoms with Crippen molar-refractivity contribution in [3.63, 3.8) is 0 Å². The molecule has 1 aromatic rings. The number of carbonyl (C=O) groups is 1. The number of carbonyl (C=O) groups excluding carboxylic acids is 1. The third-order valence-corrected chi connectivity index (χ3v) is 4.55. The third-order valence-electron chi connectivity index (χ3n) is 4.55. The second kappa shape index (κ2) is 9.99. The van der Waals surface area contributed by atoms with E-state index in [-0.39, 0.29) is 23.7 Å². The van der Waals surface area contributed by atoms with Gasteiger partial charge < -0.3 is 15.8 Å². The van der Waals surface area contributed by atoms with Crippen LogP contribution in [-0.4, -0.2) is 43.6 Å². The first kappa shape index (κ1) is 20.9. The van der Waals surface area contributed by atoms with Crippen LogP contribution in [0.4, 0.5) is 0 Å². The molecule has 1 aromatic carbocycles. The summed E-state index contributed by atoms with van der Waals surface area (Å²) in [6.07, 6.45) is 1.06. The molecular formula is C18H30ClN3O2. The van der Waals surface area contributed by atoms with E-state index in [0.29, 0.717) is 32.8 Å². The molecule has 1 amide bonds. The Bertz CT molecular complexity index is 527. The van der Waals surface area contributed by atoms with Crippen LogP contribution in [0.3, 0.4) is 0 Å². The number of hydrogen-bond acceptors (Lipinski definition) is 4. The van der Waals surface area contributed by atoms with Crippen molar-refractivity contribution in [1.82, 2.24) is 10.2 Å². The Hall–Kier alpha value is -1.14. The van der Waals surface area contributed by atoms with Gasteiger partial charge in [-0.15, -0.1) is 12.4 Å². The highest BCUT2D eigenvalue weighted by Gasteiger charge is 2.32. The lowest BCUT2D eigenvalue weighted by atomic mass is 9.90. The number of nitrogens with one attached hydrogen (secondary N) is 1. The normalized spacial score (nSPS) is 20.6. The van der Waals surface area contributed by atoms with Crippen molar-refractivity contribution in [3.8, 4) is 0 Å². The topological polar surface area (TPSA) is 67.6 Å². The molecule has 0 spiro atoms. The molecule has 3 N–H and O–H groups in total. The fraction of sp³-hybridized carbons (Fsp3) is 0.611. The summed E-state index contributed by atoms with van der Waals surface area (Å²) in [6, 6.07) is 8.07. The lowest BCUT2D eigenvalue weighted by Crippen LogP contribution is -2.38. The van der Waals surface area contributed by atoms with E-state index in [2.05, 4.69) is 17.1 Å². The molecule has 1 fully saturated rings. The number of likely N-dealkylation sites (tertiary alicyclic amines) is 1. The number of amides is 1. The maximum Gasteiger partial charge on any atom is 0.234 e. The molecule has 1 aliphatic rings. The van der Waals surface area contributed by atoms with Crippen LogP contribution >= 0.6 is 12.4 Å². The quantitative estimate of drug-likeness (QED) is 0.747. The van der Waals surface area contributed by atoms with Crippen molar-refractivity contribution < 1.29 is 9.53 Å². The number of nitrogens with two attached hydrogens (primary N) is 1. The zero-order chi connectivity index (χ0) is 16.7. The fourth-order valence-corrected chi connectivity index (χ4v) is 2.96. The van der Waals surface area contributed by atoms with Gasteiger partial charge in [-0.1, -0.05) is 31.2 Å². The summed E-state index contributed by atoms with van der Waals surface area (Å²) in [6.45, 7) is 8.96. The minimum absolute atomic E-state index is 0. The Kier molecular flexibility index (Phi) is 8.70. The first-order chi connectivity index (χ1) is 11.1.